The molecule has 0 saturated carbocycles. The van der Waals surface area contributed by atoms with E-state index in [1.807, 2.05) is 13.8 Å². The summed E-state index contributed by atoms with van der Waals surface area (Å²) in [4.78, 5) is -0.298. The van der Waals surface area contributed by atoms with Crippen LogP contribution in [0.3, 0.4) is 0 Å². The fourth-order valence-electron chi connectivity index (χ4n) is 1.47. The molecular weight excluding hydrogens is 279 g/mol. The molecule has 0 fully saturated rings. The fourth-order valence-corrected chi connectivity index (χ4v) is 2.68. The van der Waals surface area contributed by atoms with Crippen molar-refractivity contribution in [3.05, 3.63) is 29.8 Å². The van der Waals surface area contributed by atoms with Gasteiger partial charge in [-0.3, -0.25) is 0 Å². The maximum Gasteiger partial charge on any atom is 0.416 e. The molecule has 0 saturated heterocycles. The molecule has 1 N–H and O–H groups in total. The van der Waals surface area contributed by atoms with Crippen molar-refractivity contribution in [1.82, 2.24) is 5.32 Å². The third kappa shape index (κ3) is 4.83. The summed E-state index contributed by atoms with van der Waals surface area (Å²) in [7, 11) is -3.70. The van der Waals surface area contributed by atoms with E-state index in [0.29, 0.717) is 6.07 Å². The number of sulfone groups is 1. The van der Waals surface area contributed by atoms with Gasteiger partial charge in [0.1, 0.15) is 0 Å². The number of hydrogen-bond donors (Lipinski definition) is 1. The first kappa shape index (κ1) is 16.0. The Bertz CT molecular complexity index is 524. The first-order valence-electron chi connectivity index (χ1n) is 5.76. The predicted molar refractivity (Wildman–Crippen MR) is 66.6 cm³/mol. The van der Waals surface area contributed by atoms with E-state index in [1.54, 1.807) is 0 Å². The van der Waals surface area contributed by atoms with Crippen molar-refractivity contribution in [3.8, 4) is 0 Å². The van der Waals surface area contributed by atoms with Crippen molar-refractivity contribution in [2.24, 2.45) is 0 Å². The molecule has 0 spiro atoms. The minimum absolute atomic E-state index is 0.122. The summed E-state index contributed by atoms with van der Waals surface area (Å²) < 4.78 is 61.3. The molecule has 0 unspecified atom stereocenters. The van der Waals surface area contributed by atoms with Gasteiger partial charge in [0.25, 0.3) is 0 Å². The van der Waals surface area contributed by atoms with E-state index in [1.165, 1.54) is 6.07 Å². The molecule has 1 aromatic rings. The minimum Gasteiger partial charge on any atom is -0.314 e. The van der Waals surface area contributed by atoms with Crippen LogP contribution in [0.5, 0.6) is 0 Å². The van der Waals surface area contributed by atoms with E-state index in [9.17, 15) is 21.6 Å². The van der Waals surface area contributed by atoms with Crippen LogP contribution in [-0.4, -0.2) is 26.8 Å². The van der Waals surface area contributed by atoms with Crippen LogP contribution in [0, 0.1) is 0 Å². The maximum atomic E-state index is 12.5. The fraction of sp³-hybridized carbons (Fsp3) is 0.500. The van der Waals surface area contributed by atoms with Crippen LogP contribution in [0.25, 0.3) is 0 Å². The molecule has 0 radical (unpaired) electrons. The summed E-state index contributed by atoms with van der Waals surface area (Å²) in [5.74, 6) is -0.230. The lowest BCUT2D eigenvalue weighted by atomic mass is 10.2. The molecule has 7 heteroatoms. The summed E-state index contributed by atoms with van der Waals surface area (Å²) in [5, 5.41) is 2.91. The number of benzene rings is 1. The molecular formula is C12H16F3NO2S. The van der Waals surface area contributed by atoms with Crippen LogP contribution < -0.4 is 5.32 Å². The standard InChI is InChI=1S/C12H16F3NO2S/c1-9(2)16-6-7-19(17,18)11-5-3-4-10(8-11)12(13,14)15/h3-5,8-9,16H,6-7H2,1-2H3. The van der Waals surface area contributed by atoms with Crippen molar-refractivity contribution in [2.75, 3.05) is 12.3 Å². The van der Waals surface area contributed by atoms with Crippen LogP contribution in [0.4, 0.5) is 13.2 Å². The van der Waals surface area contributed by atoms with E-state index in [2.05, 4.69) is 5.32 Å². The molecule has 3 nitrogen and oxygen atoms in total. The molecule has 0 bridgehead atoms. The molecule has 0 amide bonds. The molecule has 1 rings (SSSR count). The van der Waals surface area contributed by atoms with Crippen molar-refractivity contribution < 1.29 is 21.6 Å². The van der Waals surface area contributed by atoms with Crippen molar-refractivity contribution in [1.29, 1.82) is 0 Å². The SMILES string of the molecule is CC(C)NCCS(=O)(=O)c1cccc(C(F)(F)F)c1. The van der Waals surface area contributed by atoms with Crippen LogP contribution in [0.1, 0.15) is 19.4 Å². The monoisotopic (exact) mass is 295 g/mol. The first-order valence-corrected chi connectivity index (χ1v) is 7.41. The second-order valence-corrected chi connectivity index (χ2v) is 6.56. The number of rotatable bonds is 5. The smallest absolute Gasteiger partial charge is 0.314 e. The second-order valence-electron chi connectivity index (χ2n) is 4.45. The zero-order valence-corrected chi connectivity index (χ0v) is 11.5. The Balaban J connectivity index is 2.90. The highest BCUT2D eigenvalue weighted by molar-refractivity contribution is 7.91. The Morgan fingerprint density at radius 2 is 1.89 bits per heavy atom. The lowest BCUT2D eigenvalue weighted by Crippen LogP contribution is -2.28. The molecule has 0 heterocycles. The van der Waals surface area contributed by atoms with Crippen molar-refractivity contribution >= 4 is 9.84 Å². The van der Waals surface area contributed by atoms with Crippen molar-refractivity contribution in [2.45, 2.75) is 31.0 Å². The predicted octanol–water partition coefficient (Wildman–Crippen LogP) is 2.48. The van der Waals surface area contributed by atoms with E-state index in [0.717, 1.165) is 12.1 Å². The molecule has 0 aliphatic carbocycles. The van der Waals surface area contributed by atoms with Gasteiger partial charge in [-0.1, -0.05) is 19.9 Å². The zero-order chi connectivity index (χ0) is 14.7. The van der Waals surface area contributed by atoms with Crippen molar-refractivity contribution in [3.63, 3.8) is 0 Å². The Morgan fingerprint density at radius 3 is 2.42 bits per heavy atom. The third-order valence-electron chi connectivity index (χ3n) is 2.44. The van der Waals surface area contributed by atoms with Gasteiger partial charge in [-0.05, 0) is 18.2 Å². The summed E-state index contributed by atoms with van der Waals surface area (Å²) in [6.07, 6.45) is -4.54. The van der Waals surface area contributed by atoms with Crippen LogP contribution >= 0.6 is 0 Å². The lowest BCUT2D eigenvalue weighted by molar-refractivity contribution is -0.137. The third-order valence-corrected chi connectivity index (χ3v) is 4.16. The van der Waals surface area contributed by atoms with Crippen LogP contribution in [0.15, 0.2) is 29.2 Å². The molecule has 0 aromatic heterocycles. The molecule has 0 atom stereocenters. The Hall–Kier alpha value is -1.08. The normalized spacial score (nSPS) is 12.9. The van der Waals surface area contributed by atoms with E-state index in [-0.39, 0.29) is 23.2 Å². The number of halogens is 3. The van der Waals surface area contributed by atoms with Gasteiger partial charge in [0.2, 0.25) is 0 Å². The van der Waals surface area contributed by atoms with Gasteiger partial charge in [-0.25, -0.2) is 8.42 Å². The highest BCUT2D eigenvalue weighted by Gasteiger charge is 2.31. The number of hydrogen-bond acceptors (Lipinski definition) is 3. The van der Waals surface area contributed by atoms with Gasteiger partial charge >= 0.3 is 6.18 Å². The van der Waals surface area contributed by atoms with Gasteiger partial charge in [0.05, 0.1) is 16.2 Å². The Kier molecular flexibility index (Phi) is 4.98. The van der Waals surface area contributed by atoms with Gasteiger partial charge in [0, 0.05) is 12.6 Å². The van der Waals surface area contributed by atoms with Crippen LogP contribution in [0.2, 0.25) is 0 Å². The molecule has 19 heavy (non-hydrogen) atoms. The van der Waals surface area contributed by atoms with Crippen LogP contribution in [-0.2, 0) is 16.0 Å². The average molecular weight is 295 g/mol. The Labute approximate surface area is 110 Å². The second kappa shape index (κ2) is 5.92. The number of nitrogens with one attached hydrogen (secondary N) is 1. The largest absolute Gasteiger partial charge is 0.416 e. The first-order chi connectivity index (χ1) is 8.63. The summed E-state index contributed by atoms with van der Waals surface area (Å²) in [6.45, 7) is 3.92. The molecule has 1 aromatic carbocycles. The summed E-state index contributed by atoms with van der Waals surface area (Å²) in [6, 6.07) is 3.93. The highest BCUT2D eigenvalue weighted by atomic mass is 32.2. The van der Waals surface area contributed by atoms with E-state index >= 15 is 0 Å². The van der Waals surface area contributed by atoms with E-state index in [4.69, 9.17) is 0 Å². The van der Waals surface area contributed by atoms with E-state index < -0.39 is 21.6 Å². The summed E-state index contributed by atoms with van der Waals surface area (Å²) >= 11 is 0. The average Bonchev–Trinajstić information content (AvgIpc) is 2.27. The number of alkyl halides is 3. The van der Waals surface area contributed by atoms with Gasteiger partial charge < -0.3 is 5.32 Å². The highest BCUT2D eigenvalue weighted by Crippen LogP contribution is 2.30. The Morgan fingerprint density at radius 1 is 1.26 bits per heavy atom. The summed E-state index contributed by atoms with van der Waals surface area (Å²) in [5.41, 5.74) is -0.953. The lowest BCUT2D eigenvalue weighted by Gasteiger charge is -2.11. The maximum absolute atomic E-state index is 12.5. The van der Waals surface area contributed by atoms with Gasteiger partial charge in [-0.2, -0.15) is 13.2 Å². The minimum atomic E-state index is -4.54. The van der Waals surface area contributed by atoms with Gasteiger partial charge in [-0.15, -0.1) is 0 Å². The molecule has 108 valence electrons. The molecule has 0 aliphatic heterocycles. The van der Waals surface area contributed by atoms with Gasteiger partial charge in [0.15, 0.2) is 9.84 Å². The zero-order valence-electron chi connectivity index (χ0n) is 10.7. The topological polar surface area (TPSA) is 46.2 Å². The molecule has 0 aliphatic rings. The quantitative estimate of drug-likeness (QED) is 0.907.